The van der Waals surface area contributed by atoms with Gasteiger partial charge in [0.2, 0.25) is 0 Å². The van der Waals surface area contributed by atoms with Crippen LogP contribution in [-0.2, 0) is 12.8 Å². The van der Waals surface area contributed by atoms with Crippen LogP contribution in [0.1, 0.15) is 40.7 Å². The maximum Gasteiger partial charge on any atom is 1.00 e. The number of benzene rings is 1. The Morgan fingerprint density at radius 3 is 2.47 bits per heavy atom. The quantitative estimate of drug-likeness (QED) is 0.416. The van der Waals surface area contributed by atoms with Crippen LogP contribution in [0.4, 0.5) is 0 Å². The Morgan fingerprint density at radius 1 is 1.26 bits per heavy atom. The summed E-state index contributed by atoms with van der Waals surface area (Å²) in [6.45, 7) is 0. The fourth-order valence-corrected chi connectivity index (χ4v) is 2.62. The molecule has 5 heteroatoms. The number of hydrogen-bond acceptors (Lipinski definition) is 3. The Hall–Kier alpha value is -0.0600. The Bertz CT molecular complexity index is 422. The number of ether oxygens (including phenoxy) is 1. The monoisotopic (exact) mass is 292 g/mol. The predicted octanol–water partition coefficient (Wildman–Crippen LogP) is -0.589. The van der Waals surface area contributed by atoms with Crippen LogP contribution in [0.3, 0.4) is 0 Å². The third-order valence-corrected chi connectivity index (χ3v) is 3.57. The SMILES string of the molecule is COc1cc2c(c(C=O)c1Cl)CCCCC2.C[O-].[Na+]. The van der Waals surface area contributed by atoms with Gasteiger partial charge < -0.3 is 9.84 Å². The fourth-order valence-electron chi connectivity index (χ4n) is 2.33. The van der Waals surface area contributed by atoms with E-state index in [0.29, 0.717) is 16.3 Å². The van der Waals surface area contributed by atoms with Crippen LogP contribution in [0.25, 0.3) is 0 Å². The molecule has 0 fully saturated rings. The van der Waals surface area contributed by atoms with Gasteiger partial charge in [-0.05, 0) is 42.9 Å². The number of methoxy groups -OCH3 is 1. The van der Waals surface area contributed by atoms with Crippen LogP contribution in [-0.4, -0.2) is 20.5 Å². The number of rotatable bonds is 2. The van der Waals surface area contributed by atoms with Crippen molar-refractivity contribution in [1.82, 2.24) is 0 Å². The summed E-state index contributed by atoms with van der Waals surface area (Å²) in [4.78, 5) is 11.1. The molecule has 2 rings (SSSR count). The second-order valence-electron chi connectivity index (χ2n) is 4.12. The number of halogens is 1. The Kier molecular flexibility index (Phi) is 9.75. The van der Waals surface area contributed by atoms with E-state index in [-0.39, 0.29) is 29.6 Å². The topological polar surface area (TPSA) is 49.4 Å². The second-order valence-corrected chi connectivity index (χ2v) is 4.50. The molecule has 0 N–H and O–H groups in total. The fraction of sp³-hybridized carbons (Fsp3) is 0.500. The summed E-state index contributed by atoms with van der Waals surface area (Å²) in [5.74, 6) is 0.615. The Balaban J connectivity index is 0.00000103. The molecule has 0 saturated heterocycles. The average molecular weight is 293 g/mol. The van der Waals surface area contributed by atoms with Gasteiger partial charge in [-0.3, -0.25) is 4.79 Å². The molecular weight excluding hydrogens is 275 g/mol. The van der Waals surface area contributed by atoms with Crippen LogP contribution < -0.4 is 39.4 Å². The molecule has 1 aliphatic carbocycles. The van der Waals surface area contributed by atoms with Crippen molar-refractivity contribution in [3.8, 4) is 5.75 Å². The molecule has 100 valence electrons. The normalized spacial score (nSPS) is 13.1. The van der Waals surface area contributed by atoms with Crippen LogP contribution in [0.15, 0.2) is 6.07 Å². The molecule has 0 aromatic heterocycles. The number of carbonyl (C=O) groups excluding carboxylic acids is 1. The Morgan fingerprint density at radius 2 is 1.89 bits per heavy atom. The molecule has 0 bridgehead atoms. The van der Waals surface area contributed by atoms with Crippen molar-refractivity contribution in [2.75, 3.05) is 14.2 Å². The molecular formula is C14H18ClNaO3. The molecule has 1 aliphatic rings. The van der Waals surface area contributed by atoms with Crippen LogP contribution in [0.5, 0.6) is 5.75 Å². The maximum absolute atomic E-state index is 11.1. The van der Waals surface area contributed by atoms with Crippen molar-refractivity contribution in [2.24, 2.45) is 0 Å². The van der Waals surface area contributed by atoms with E-state index in [9.17, 15) is 4.79 Å². The number of fused-ring (bicyclic) bond motifs is 1. The smallest absolute Gasteiger partial charge is 0.857 e. The number of aldehydes is 1. The first kappa shape index (κ1) is 18.9. The van der Waals surface area contributed by atoms with E-state index in [0.717, 1.165) is 38.2 Å². The van der Waals surface area contributed by atoms with Crippen LogP contribution >= 0.6 is 11.6 Å². The van der Waals surface area contributed by atoms with Gasteiger partial charge >= 0.3 is 29.6 Å². The maximum atomic E-state index is 11.1. The summed E-state index contributed by atoms with van der Waals surface area (Å²) in [5, 5.41) is 8.71. The molecule has 1 aromatic rings. The van der Waals surface area contributed by atoms with E-state index in [1.807, 2.05) is 6.07 Å². The molecule has 0 aliphatic heterocycles. The van der Waals surface area contributed by atoms with E-state index in [1.165, 1.54) is 18.4 Å². The molecule has 0 atom stereocenters. The van der Waals surface area contributed by atoms with Crippen molar-refractivity contribution in [3.63, 3.8) is 0 Å². The molecule has 0 saturated carbocycles. The molecule has 0 spiro atoms. The van der Waals surface area contributed by atoms with Gasteiger partial charge in [-0.1, -0.05) is 18.0 Å². The minimum absolute atomic E-state index is 0. The minimum Gasteiger partial charge on any atom is -0.857 e. The van der Waals surface area contributed by atoms with Crippen molar-refractivity contribution < 1.29 is 44.2 Å². The number of aryl methyl sites for hydroxylation is 1. The zero-order valence-electron chi connectivity index (χ0n) is 11.8. The first-order valence-corrected chi connectivity index (χ1v) is 6.40. The second kappa shape index (κ2) is 9.78. The first-order chi connectivity index (χ1) is 8.77. The predicted molar refractivity (Wildman–Crippen MR) is 70.6 cm³/mol. The third-order valence-electron chi connectivity index (χ3n) is 3.18. The standard InChI is InChI=1S/C13H15ClO2.CH3O.Na/c1-16-12-7-9-5-3-2-4-6-10(9)11(8-15)13(12)14;1-2;/h7-8H,2-6H2,1H3;1H3;/q;-1;+1. The van der Waals surface area contributed by atoms with Gasteiger partial charge in [0.25, 0.3) is 0 Å². The van der Waals surface area contributed by atoms with Gasteiger partial charge in [-0.15, -0.1) is 0 Å². The summed E-state index contributed by atoms with van der Waals surface area (Å²) in [6, 6.07) is 1.98. The molecule has 1 aromatic carbocycles. The largest absolute Gasteiger partial charge is 1.00 e. The van der Waals surface area contributed by atoms with Gasteiger partial charge in [0.15, 0.2) is 6.29 Å². The molecule has 3 nitrogen and oxygen atoms in total. The first-order valence-electron chi connectivity index (χ1n) is 6.02. The van der Waals surface area contributed by atoms with Gasteiger partial charge in [0.1, 0.15) is 5.75 Å². The molecule has 0 unspecified atom stereocenters. The van der Waals surface area contributed by atoms with E-state index in [1.54, 1.807) is 7.11 Å². The van der Waals surface area contributed by atoms with Gasteiger partial charge in [-0.25, -0.2) is 0 Å². The zero-order chi connectivity index (χ0) is 13.5. The Labute approximate surface area is 141 Å². The third kappa shape index (κ3) is 4.47. The van der Waals surface area contributed by atoms with Gasteiger partial charge in [0.05, 0.1) is 12.1 Å². The molecule has 0 heterocycles. The van der Waals surface area contributed by atoms with Gasteiger partial charge in [-0.2, -0.15) is 7.11 Å². The van der Waals surface area contributed by atoms with Crippen molar-refractivity contribution in [2.45, 2.75) is 32.1 Å². The van der Waals surface area contributed by atoms with Gasteiger partial charge in [0, 0.05) is 5.56 Å². The van der Waals surface area contributed by atoms with Crippen molar-refractivity contribution in [1.29, 1.82) is 0 Å². The van der Waals surface area contributed by atoms with Crippen molar-refractivity contribution >= 4 is 17.9 Å². The minimum atomic E-state index is 0. The molecule has 0 radical (unpaired) electrons. The zero-order valence-corrected chi connectivity index (χ0v) is 14.5. The van der Waals surface area contributed by atoms with E-state index in [2.05, 4.69) is 0 Å². The number of hydrogen-bond donors (Lipinski definition) is 0. The van der Waals surface area contributed by atoms with Crippen LogP contribution in [0.2, 0.25) is 5.02 Å². The van der Waals surface area contributed by atoms with Crippen molar-refractivity contribution in [3.05, 3.63) is 27.8 Å². The summed E-state index contributed by atoms with van der Waals surface area (Å²) < 4.78 is 5.20. The number of carbonyl (C=O) groups is 1. The summed E-state index contributed by atoms with van der Waals surface area (Å²) in [7, 11) is 2.33. The molecule has 0 amide bonds. The van der Waals surface area contributed by atoms with E-state index >= 15 is 0 Å². The van der Waals surface area contributed by atoms with E-state index in [4.69, 9.17) is 21.4 Å². The van der Waals surface area contributed by atoms with E-state index < -0.39 is 0 Å². The average Bonchev–Trinajstić information content (AvgIpc) is 2.65. The summed E-state index contributed by atoms with van der Waals surface area (Å²) >= 11 is 6.14. The molecule has 19 heavy (non-hydrogen) atoms. The van der Waals surface area contributed by atoms with Crippen LogP contribution in [0, 0.1) is 0 Å². The summed E-state index contributed by atoms with van der Waals surface area (Å²) in [6.07, 6.45) is 6.35. The summed E-state index contributed by atoms with van der Waals surface area (Å²) in [5.41, 5.74) is 2.97.